The van der Waals surface area contributed by atoms with Crippen molar-refractivity contribution >= 4 is 23.6 Å². The Morgan fingerprint density at radius 2 is 1.96 bits per heavy atom. The van der Waals surface area contributed by atoms with Crippen LogP contribution in [0.5, 0.6) is 0 Å². The van der Waals surface area contributed by atoms with Crippen molar-refractivity contribution in [2.24, 2.45) is 5.41 Å². The lowest BCUT2D eigenvalue weighted by molar-refractivity contribution is -0.136. The molecule has 0 bridgehead atoms. The molecule has 3 aliphatic heterocycles. The first-order chi connectivity index (χ1) is 12.9. The minimum Gasteiger partial charge on any atom is -0.315 e. The first-order valence-electron chi connectivity index (χ1n) is 9.14. The van der Waals surface area contributed by atoms with E-state index in [1.807, 2.05) is 6.07 Å². The van der Waals surface area contributed by atoms with E-state index in [0.717, 1.165) is 30.1 Å². The van der Waals surface area contributed by atoms with Crippen LogP contribution in [0.1, 0.15) is 46.0 Å². The molecule has 8 nitrogen and oxygen atoms in total. The predicted octanol–water partition coefficient (Wildman–Crippen LogP) is -0.213. The molecule has 0 aromatic heterocycles. The summed E-state index contributed by atoms with van der Waals surface area (Å²) in [5, 5.41) is 8.83. The summed E-state index contributed by atoms with van der Waals surface area (Å²) < 4.78 is 0. The molecule has 1 unspecified atom stereocenters. The fourth-order valence-electron chi connectivity index (χ4n) is 3.91. The third-order valence-corrected chi connectivity index (χ3v) is 5.53. The van der Waals surface area contributed by atoms with Gasteiger partial charge in [0.1, 0.15) is 6.04 Å². The summed E-state index contributed by atoms with van der Waals surface area (Å²) in [6.07, 6.45) is 0.278. The quantitative estimate of drug-likeness (QED) is 0.619. The maximum atomic E-state index is 13.0. The Balaban J connectivity index is 1.54. The van der Waals surface area contributed by atoms with Crippen LogP contribution >= 0.6 is 0 Å². The fourth-order valence-corrected chi connectivity index (χ4v) is 3.91. The van der Waals surface area contributed by atoms with E-state index in [-0.39, 0.29) is 24.2 Å². The first-order valence-corrected chi connectivity index (χ1v) is 9.14. The van der Waals surface area contributed by atoms with E-state index in [1.165, 1.54) is 0 Å². The van der Waals surface area contributed by atoms with Crippen molar-refractivity contribution in [1.29, 1.82) is 0 Å². The smallest absolute Gasteiger partial charge is 0.262 e. The number of hydrogen-bond donors (Lipinski definition) is 3. The number of hydrogen-bond acceptors (Lipinski definition) is 6. The van der Waals surface area contributed by atoms with E-state index in [2.05, 4.69) is 22.9 Å². The molecule has 0 radical (unpaired) electrons. The lowest BCUT2D eigenvalue weighted by atomic mass is 9.84. The predicted molar refractivity (Wildman–Crippen MR) is 95.8 cm³/mol. The summed E-state index contributed by atoms with van der Waals surface area (Å²) in [5.74, 6) is -1.90. The van der Waals surface area contributed by atoms with Gasteiger partial charge < -0.3 is 10.6 Å². The molecule has 3 heterocycles. The highest BCUT2D eigenvalue weighted by atomic mass is 16.2. The highest BCUT2D eigenvalue weighted by Gasteiger charge is 2.45. The molecule has 1 atom stereocenters. The van der Waals surface area contributed by atoms with Gasteiger partial charge in [-0.3, -0.25) is 29.4 Å². The molecule has 0 spiro atoms. The fraction of sp³-hybridized carbons (Fsp3) is 0.474. The van der Waals surface area contributed by atoms with Crippen LogP contribution < -0.4 is 16.0 Å². The normalized spacial score (nSPS) is 23.9. The maximum Gasteiger partial charge on any atom is 0.262 e. The molecule has 4 amide bonds. The summed E-state index contributed by atoms with van der Waals surface area (Å²) in [5.41, 5.74) is 1.63. The second-order valence-electron chi connectivity index (χ2n) is 7.80. The van der Waals surface area contributed by atoms with Crippen molar-refractivity contribution in [2.45, 2.75) is 32.4 Å². The van der Waals surface area contributed by atoms with Crippen LogP contribution in [0.25, 0.3) is 0 Å². The van der Waals surface area contributed by atoms with Crippen molar-refractivity contribution in [3.05, 3.63) is 34.9 Å². The number of nitrogens with one attached hydrogen (secondary N) is 3. The number of piperidine rings is 1. The van der Waals surface area contributed by atoms with Crippen LogP contribution in [-0.4, -0.2) is 54.2 Å². The van der Waals surface area contributed by atoms with Gasteiger partial charge in [-0.05, 0) is 18.1 Å². The highest BCUT2D eigenvalue weighted by Crippen LogP contribution is 2.30. The number of imide groups is 2. The molecule has 1 aromatic carbocycles. The lowest BCUT2D eigenvalue weighted by Crippen LogP contribution is -2.56. The van der Waals surface area contributed by atoms with Crippen LogP contribution in [0.2, 0.25) is 0 Å². The average Bonchev–Trinajstić information content (AvgIpc) is 2.86. The standard InChI is InChI=1S/C19H22N4O4/c1-19(9-21-10-19)8-20-7-11-3-2-4-12-15(11)18(27)23(17(12)26)13-5-6-14(24)22-16(13)25/h2-4,13,20-21H,5-10H2,1H3,(H,22,24,25). The van der Waals surface area contributed by atoms with Crippen molar-refractivity contribution < 1.29 is 19.2 Å². The van der Waals surface area contributed by atoms with E-state index in [4.69, 9.17) is 0 Å². The van der Waals surface area contributed by atoms with Crippen molar-refractivity contribution in [3.63, 3.8) is 0 Å². The van der Waals surface area contributed by atoms with Crippen LogP contribution in [0.4, 0.5) is 0 Å². The molecule has 0 saturated carbocycles. The second kappa shape index (κ2) is 6.54. The molecular weight excluding hydrogens is 348 g/mol. The number of fused-ring (bicyclic) bond motifs is 1. The molecule has 2 saturated heterocycles. The third kappa shape index (κ3) is 3.04. The molecule has 0 aliphatic carbocycles. The Morgan fingerprint density at radius 3 is 2.63 bits per heavy atom. The number of nitrogens with zero attached hydrogens (tertiary/aromatic N) is 1. The van der Waals surface area contributed by atoms with Crippen molar-refractivity contribution in [3.8, 4) is 0 Å². The number of amides is 4. The average molecular weight is 370 g/mol. The van der Waals surface area contributed by atoms with Crippen LogP contribution in [-0.2, 0) is 16.1 Å². The number of rotatable bonds is 5. The number of carbonyl (C=O) groups excluding carboxylic acids is 4. The molecule has 2 fully saturated rings. The minimum absolute atomic E-state index is 0.116. The summed E-state index contributed by atoms with van der Waals surface area (Å²) in [4.78, 5) is 50.3. The van der Waals surface area contributed by atoms with Gasteiger partial charge in [0.05, 0.1) is 11.1 Å². The minimum atomic E-state index is -0.934. The summed E-state index contributed by atoms with van der Waals surface area (Å²) >= 11 is 0. The molecule has 8 heteroatoms. The van der Waals surface area contributed by atoms with Crippen molar-refractivity contribution in [1.82, 2.24) is 20.9 Å². The highest BCUT2D eigenvalue weighted by molar-refractivity contribution is 6.24. The molecule has 27 heavy (non-hydrogen) atoms. The van der Waals surface area contributed by atoms with Gasteiger partial charge in [0.25, 0.3) is 11.8 Å². The van der Waals surface area contributed by atoms with Gasteiger partial charge in [0, 0.05) is 38.0 Å². The zero-order valence-corrected chi connectivity index (χ0v) is 15.1. The summed E-state index contributed by atoms with van der Waals surface area (Å²) in [6, 6.07) is 4.26. The number of carbonyl (C=O) groups is 4. The third-order valence-electron chi connectivity index (χ3n) is 5.53. The van der Waals surface area contributed by atoms with Crippen LogP contribution in [0, 0.1) is 5.41 Å². The first kappa shape index (κ1) is 17.8. The van der Waals surface area contributed by atoms with E-state index < -0.39 is 23.8 Å². The van der Waals surface area contributed by atoms with E-state index in [9.17, 15) is 19.2 Å². The molecule has 3 aliphatic rings. The zero-order chi connectivity index (χ0) is 19.2. The molecular formula is C19H22N4O4. The van der Waals surface area contributed by atoms with Gasteiger partial charge in [-0.1, -0.05) is 19.1 Å². The largest absolute Gasteiger partial charge is 0.315 e. The van der Waals surface area contributed by atoms with Gasteiger partial charge in [0.2, 0.25) is 11.8 Å². The maximum absolute atomic E-state index is 13.0. The Kier molecular flexibility index (Phi) is 4.32. The van der Waals surface area contributed by atoms with Gasteiger partial charge in [0.15, 0.2) is 0 Å². The zero-order valence-electron chi connectivity index (χ0n) is 15.1. The van der Waals surface area contributed by atoms with E-state index >= 15 is 0 Å². The Labute approximate surface area is 156 Å². The lowest BCUT2D eigenvalue weighted by Gasteiger charge is -2.39. The molecule has 1 aromatic rings. The molecule has 4 rings (SSSR count). The van der Waals surface area contributed by atoms with E-state index in [1.54, 1.807) is 12.1 Å². The van der Waals surface area contributed by atoms with Gasteiger partial charge in [-0.2, -0.15) is 0 Å². The van der Waals surface area contributed by atoms with Crippen LogP contribution in [0.3, 0.4) is 0 Å². The van der Waals surface area contributed by atoms with Gasteiger partial charge >= 0.3 is 0 Å². The SMILES string of the molecule is CC1(CNCc2cccc3c2C(=O)N(C2CCC(=O)NC2=O)C3=O)CNC1. The Morgan fingerprint density at radius 1 is 1.19 bits per heavy atom. The van der Waals surface area contributed by atoms with Crippen molar-refractivity contribution in [2.75, 3.05) is 19.6 Å². The topological polar surface area (TPSA) is 108 Å². The molecule has 142 valence electrons. The van der Waals surface area contributed by atoms with Crippen LogP contribution in [0.15, 0.2) is 18.2 Å². The molecule has 3 N–H and O–H groups in total. The Bertz CT molecular complexity index is 846. The monoisotopic (exact) mass is 370 g/mol. The summed E-state index contributed by atoms with van der Waals surface area (Å²) in [7, 11) is 0. The second-order valence-corrected chi connectivity index (χ2v) is 7.80. The van der Waals surface area contributed by atoms with Gasteiger partial charge in [-0.25, -0.2) is 0 Å². The summed E-state index contributed by atoms with van der Waals surface area (Å²) in [6.45, 7) is 5.37. The Hall–Kier alpha value is -2.58. The van der Waals surface area contributed by atoms with E-state index in [0.29, 0.717) is 17.7 Å². The van der Waals surface area contributed by atoms with Gasteiger partial charge in [-0.15, -0.1) is 0 Å². The number of benzene rings is 1.